The smallest absolute Gasteiger partial charge is 0.305 e. The van der Waals surface area contributed by atoms with E-state index >= 15 is 0 Å². The van der Waals surface area contributed by atoms with Crippen molar-refractivity contribution in [3.63, 3.8) is 0 Å². The van der Waals surface area contributed by atoms with Gasteiger partial charge in [0.15, 0.2) is 0 Å². The second kappa shape index (κ2) is 11.7. The summed E-state index contributed by atoms with van der Waals surface area (Å²) in [6, 6.07) is 0. The Morgan fingerprint density at radius 1 is 1.05 bits per heavy atom. The van der Waals surface area contributed by atoms with Crippen LogP contribution in [0.2, 0.25) is 0 Å². The highest BCUT2D eigenvalue weighted by atomic mass is 16.5. The molecule has 128 valence electrons. The van der Waals surface area contributed by atoms with Crippen LogP contribution in [0, 0.1) is 11.8 Å². The van der Waals surface area contributed by atoms with Crippen molar-refractivity contribution < 1.29 is 14.3 Å². The van der Waals surface area contributed by atoms with E-state index in [9.17, 15) is 9.59 Å². The molecule has 1 fully saturated rings. The average Bonchev–Trinajstić information content (AvgIpc) is 2.52. The Kier molecular flexibility index (Phi) is 10.2. The third kappa shape index (κ3) is 8.55. The summed E-state index contributed by atoms with van der Waals surface area (Å²) in [5.74, 6) is 1.53. The van der Waals surface area contributed by atoms with Crippen LogP contribution >= 0.6 is 0 Å². The van der Waals surface area contributed by atoms with Gasteiger partial charge in [-0.1, -0.05) is 51.9 Å². The third-order valence-electron chi connectivity index (χ3n) is 4.94. The fraction of sp³-hybridized carbons (Fsp3) is 0.895. The van der Waals surface area contributed by atoms with Gasteiger partial charge in [0.2, 0.25) is 0 Å². The summed E-state index contributed by atoms with van der Waals surface area (Å²) in [4.78, 5) is 22.8. The summed E-state index contributed by atoms with van der Waals surface area (Å²) in [5, 5.41) is 0. The molecule has 0 radical (unpaired) electrons. The minimum atomic E-state index is -0.0911. The molecule has 22 heavy (non-hydrogen) atoms. The minimum Gasteiger partial charge on any atom is -0.469 e. The number of carbonyl (C=O) groups excluding carboxylic acids is 2. The van der Waals surface area contributed by atoms with Gasteiger partial charge in [0, 0.05) is 18.8 Å². The highest BCUT2D eigenvalue weighted by molar-refractivity contribution is 5.81. The zero-order valence-corrected chi connectivity index (χ0v) is 14.6. The Balaban J connectivity index is 1.87. The first kappa shape index (κ1) is 19.2. The fourth-order valence-corrected chi connectivity index (χ4v) is 3.43. The highest BCUT2D eigenvalue weighted by Gasteiger charge is 2.25. The van der Waals surface area contributed by atoms with E-state index in [2.05, 4.69) is 11.7 Å². The van der Waals surface area contributed by atoms with Crippen LogP contribution in [-0.4, -0.2) is 18.9 Å². The lowest BCUT2D eigenvalue weighted by atomic mass is 9.79. The molecular formula is C19H34O3. The molecule has 0 bridgehead atoms. The molecule has 0 aromatic heterocycles. The monoisotopic (exact) mass is 310 g/mol. The van der Waals surface area contributed by atoms with Gasteiger partial charge < -0.3 is 4.74 Å². The van der Waals surface area contributed by atoms with Crippen LogP contribution < -0.4 is 0 Å². The molecule has 0 N–H and O–H groups in total. The quantitative estimate of drug-likeness (QED) is 0.395. The SMILES string of the molecule is COC(=O)CCCCCCCCCCC1CC(C)CCC1=O. The zero-order chi connectivity index (χ0) is 16.2. The Bertz CT molecular complexity index is 325. The lowest BCUT2D eigenvalue weighted by Crippen LogP contribution is -2.23. The molecule has 1 saturated carbocycles. The van der Waals surface area contributed by atoms with E-state index in [4.69, 9.17) is 0 Å². The van der Waals surface area contributed by atoms with E-state index in [1.807, 2.05) is 0 Å². The first-order valence-electron chi connectivity index (χ1n) is 9.23. The van der Waals surface area contributed by atoms with E-state index in [1.54, 1.807) is 0 Å². The normalized spacial score (nSPS) is 21.8. The van der Waals surface area contributed by atoms with Crippen LogP contribution in [0.25, 0.3) is 0 Å². The van der Waals surface area contributed by atoms with Crippen LogP contribution in [0.3, 0.4) is 0 Å². The molecule has 0 heterocycles. The number of rotatable bonds is 11. The summed E-state index contributed by atoms with van der Waals surface area (Å²) in [5.41, 5.74) is 0. The van der Waals surface area contributed by atoms with E-state index in [1.165, 1.54) is 45.6 Å². The van der Waals surface area contributed by atoms with Crippen molar-refractivity contribution in [3.8, 4) is 0 Å². The summed E-state index contributed by atoms with van der Waals surface area (Å²) in [7, 11) is 1.45. The summed E-state index contributed by atoms with van der Waals surface area (Å²) < 4.78 is 4.62. The number of methoxy groups -OCH3 is 1. The molecule has 1 aliphatic rings. The lowest BCUT2D eigenvalue weighted by Gasteiger charge is -2.25. The van der Waals surface area contributed by atoms with Crippen LogP contribution in [-0.2, 0) is 14.3 Å². The molecular weight excluding hydrogens is 276 g/mol. The maximum Gasteiger partial charge on any atom is 0.305 e. The van der Waals surface area contributed by atoms with Crippen LogP contribution in [0.5, 0.6) is 0 Å². The van der Waals surface area contributed by atoms with Gasteiger partial charge >= 0.3 is 5.97 Å². The first-order valence-corrected chi connectivity index (χ1v) is 9.23. The minimum absolute atomic E-state index is 0.0911. The summed E-state index contributed by atoms with van der Waals surface area (Å²) >= 11 is 0. The van der Waals surface area contributed by atoms with Crippen molar-refractivity contribution >= 4 is 11.8 Å². The van der Waals surface area contributed by atoms with Gasteiger partial charge in [0.1, 0.15) is 5.78 Å². The molecule has 0 aromatic carbocycles. The number of Topliss-reactive ketones (excluding diaryl/α,β-unsaturated/α-hetero) is 1. The number of hydrogen-bond donors (Lipinski definition) is 0. The van der Waals surface area contributed by atoms with Crippen molar-refractivity contribution in [2.75, 3.05) is 7.11 Å². The number of ketones is 1. The number of carbonyl (C=O) groups is 2. The lowest BCUT2D eigenvalue weighted by molar-refractivity contribution is -0.140. The second-order valence-corrected chi connectivity index (χ2v) is 6.99. The van der Waals surface area contributed by atoms with Gasteiger partial charge in [-0.3, -0.25) is 9.59 Å². The molecule has 1 aliphatic carbocycles. The molecule has 0 saturated heterocycles. The molecule has 1 rings (SSSR count). The molecule has 0 spiro atoms. The maximum atomic E-state index is 11.8. The maximum absolute atomic E-state index is 11.8. The summed E-state index contributed by atoms with van der Waals surface area (Å²) in [6.07, 6.45) is 14.3. The Hall–Kier alpha value is -0.860. The van der Waals surface area contributed by atoms with Crippen LogP contribution in [0.1, 0.15) is 90.4 Å². The number of hydrogen-bond acceptors (Lipinski definition) is 3. The Labute approximate surface area is 136 Å². The largest absolute Gasteiger partial charge is 0.469 e. The second-order valence-electron chi connectivity index (χ2n) is 6.99. The van der Waals surface area contributed by atoms with Gasteiger partial charge in [-0.2, -0.15) is 0 Å². The van der Waals surface area contributed by atoms with Gasteiger partial charge in [-0.15, -0.1) is 0 Å². The fourth-order valence-electron chi connectivity index (χ4n) is 3.43. The Morgan fingerprint density at radius 2 is 1.64 bits per heavy atom. The molecule has 0 aliphatic heterocycles. The predicted octanol–water partition coefficient (Wildman–Crippen LogP) is 5.07. The van der Waals surface area contributed by atoms with E-state index in [0.717, 1.165) is 44.4 Å². The molecule has 3 heteroatoms. The van der Waals surface area contributed by atoms with Crippen molar-refractivity contribution in [2.24, 2.45) is 11.8 Å². The van der Waals surface area contributed by atoms with Crippen molar-refractivity contribution in [2.45, 2.75) is 90.4 Å². The average molecular weight is 310 g/mol. The van der Waals surface area contributed by atoms with Crippen LogP contribution in [0.4, 0.5) is 0 Å². The van der Waals surface area contributed by atoms with Crippen molar-refractivity contribution in [1.82, 2.24) is 0 Å². The molecule has 2 atom stereocenters. The number of unbranched alkanes of at least 4 members (excludes halogenated alkanes) is 7. The van der Waals surface area contributed by atoms with E-state index in [0.29, 0.717) is 18.1 Å². The van der Waals surface area contributed by atoms with Gasteiger partial charge in [-0.25, -0.2) is 0 Å². The molecule has 3 nitrogen and oxygen atoms in total. The van der Waals surface area contributed by atoms with Gasteiger partial charge in [0.25, 0.3) is 0 Å². The van der Waals surface area contributed by atoms with Gasteiger partial charge in [0.05, 0.1) is 7.11 Å². The van der Waals surface area contributed by atoms with Crippen LogP contribution in [0.15, 0.2) is 0 Å². The van der Waals surface area contributed by atoms with E-state index in [-0.39, 0.29) is 5.97 Å². The Morgan fingerprint density at radius 3 is 2.27 bits per heavy atom. The van der Waals surface area contributed by atoms with Crippen molar-refractivity contribution in [1.29, 1.82) is 0 Å². The van der Waals surface area contributed by atoms with E-state index < -0.39 is 0 Å². The first-order chi connectivity index (χ1) is 10.6. The number of ether oxygens (including phenoxy) is 1. The van der Waals surface area contributed by atoms with Gasteiger partial charge in [-0.05, 0) is 31.6 Å². The molecule has 0 aromatic rings. The zero-order valence-electron chi connectivity index (χ0n) is 14.6. The number of esters is 1. The highest BCUT2D eigenvalue weighted by Crippen LogP contribution is 2.29. The standard InChI is InChI=1S/C19H34O3/c1-16-13-14-18(20)17(15-16)11-9-7-5-3-4-6-8-10-12-19(21)22-2/h16-17H,3-15H2,1-2H3. The molecule has 0 amide bonds. The van der Waals surface area contributed by atoms with Crippen molar-refractivity contribution in [3.05, 3.63) is 0 Å². The third-order valence-corrected chi connectivity index (χ3v) is 4.94. The predicted molar refractivity (Wildman–Crippen MR) is 89.7 cm³/mol. The topological polar surface area (TPSA) is 43.4 Å². The summed E-state index contributed by atoms with van der Waals surface area (Å²) in [6.45, 7) is 2.28. The molecule has 2 unspecified atom stereocenters.